The van der Waals surface area contributed by atoms with E-state index in [0.29, 0.717) is 27.8 Å². The number of ether oxygens (including phenoxy) is 1. The third-order valence-corrected chi connectivity index (χ3v) is 5.26. The Morgan fingerprint density at radius 3 is 2.74 bits per heavy atom. The third-order valence-electron chi connectivity index (χ3n) is 4.26. The molecule has 3 rings (SSSR count). The zero-order valence-electron chi connectivity index (χ0n) is 17.4. The van der Waals surface area contributed by atoms with Crippen molar-refractivity contribution in [2.24, 2.45) is 5.10 Å². The lowest BCUT2D eigenvalue weighted by molar-refractivity contribution is 0.0504. The van der Waals surface area contributed by atoms with Crippen LogP contribution in [0, 0.1) is 5.82 Å². The predicted molar refractivity (Wildman–Crippen MR) is 125 cm³/mol. The second-order valence-corrected chi connectivity index (χ2v) is 8.13. The number of nitrogens with zero attached hydrogens (tertiary/aromatic N) is 3. The van der Waals surface area contributed by atoms with Crippen molar-refractivity contribution in [3.63, 3.8) is 0 Å². The molecule has 6 nitrogen and oxygen atoms in total. The summed E-state index contributed by atoms with van der Waals surface area (Å²) < 4.78 is 19.3. The van der Waals surface area contributed by atoms with Gasteiger partial charge in [-0.15, -0.1) is 11.3 Å². The maximum atomic E-state index is 14.1. The van der Waals surface area contributed by atoms with E-state index >= 15 is 0 Å². The van der Waals surface area contributed by atoms with Crippen LogP contribution in [0.25, 0.3) is 11.3 Å². The number of carbonyl (C=O) groups excluding carboxylic acids is 1. The van der Waals surface area contributed by atoms with E-state index in [4.69, 9.17) is 16.3 Å². The van der Waals surface area contributed by atoms with Crippen LogP contribution in [-0.2, 0) is 4.74 Å². The molecule has 0 aliphatic rings. The molecule has 1 aromatic heterocycles. The van der Waals surface area contributed by atoms with Crippen LogP contribution in [0.15, 0.2) is 46.9 Å². The molecule has 31 heavy (non-hydrogen) atoms. The van der Waals surface area contributed by atoms with E-state index in [1.165, 1.54) is 23.6 Å². The maximum absolute atomic E-state index is 14.1. The van der Waals surface area contributed by atoms with E-state index in [9.17, 15) is 9.18 Å². The Balaban J connectivity index is 1.84. The number of thiazole rings is 1. The minimum absolute atomic E-state index is 0.115. The number of benzene rings is 2. The minimum Gasteiger partial charge on any atom is -0.462 e. The zero-order chi connectivity index (χ0) is 22.4. The van der Waals surface area contributed by atoms with Crippen LogP contribution in [0.2, 0.25) is 5.02 Å². The molecule has 0 aliphatic heterocycles. The smallest absolute Gasteiger partial charge is 0.338 e. The Morgan fingerprint density at radius 1 is 1.32 bits per heavy atom. The minimum atomic E-state index is -0.592. The molecule has 0 aliphatic carbocycles. The van der Waals surface area contributed by atoms with Gasteiger partial charge in [0.1, 0.15) is 5.82 Å². The highest BCUT2D eigenvalue weighted by atomic mass is 35.5. The number of esters is 1. The molecule has 9 heteroatoms. The van der Waals surface area contributed by atoms with E-state index in [2.05, 4.69) is 15.5 Å². The molecule has 0 radical (unpaired) electrons. The van der Waals surface area contributed by atoms with Crippen LogP contribution in [0.4, 0.5) is 15.2 Å². The summed E-state index contributed by atoms with van der Waals surface area (Å²) in [4.78, 5) is 18.7. The highest BCUT2D eigenvalue weighted by molar-refractivity contribution is 7.14. The zero-order valence-corrected chi connectivity index (χ0v) is 18.9. The molecule has 3 aromatic rings. The monoisotopic (exact) mass is 460 g/mol. The van der Waals surface area contributed by atoms with E-state index in [-0.39, 0.29) is 12.2 Å². The van der Waals surface area contributed by atoms with Crippen LogP contribution < -0.4 is 10.3 Å². The van der Waals surface area contributed by atoms with Gasteiger partial charge in [-0.3, -0.25) is 5.43 Å². The Morgan fingerprint density at radius 2 is 2.06 bits per heavy atom. The Hall–Kier alpha value is -2.97. The summed E-state index contributed by atoms with van der Waals surface area (Å²) in [5, 5.41) is 7.36. The van der Waals surface area contributed by atoms with E-state index < -0.39 is 11.8 Å². The number of aromatic nitrogens is 1. The Labute approximate surface area is 189 Å². The quantitative estimate of drug-likeness (QED) is 0.266. The normalized spacial score (nSPS) is 11.0. The lowest BCUT2D eigenvalue weighted by Gasteiger charge is -2.18. The summed E-state index contributed by atoms with van der Waals surface area (Å²) in [6, 6.07) is 9.89. The maximum Gasteiger partial charge on any atom is 0.338 e. The van der Waals surface area contributed by atoms with Crippen LogP contribution in [0.3, 0.4) is 0 Å². The first-order valence-electron chi connectivity index (χ1n) is 9.57. The van der Waals surface area contributed by atoms with Crippen molar-refractivity contribution in [2.75, 3.05) is 31.0 Å². The molecule has 162 valence electrons. The van der Waals surface area contributed by atoms with Crippen molar-refractivity contribution in [3.8, 4) is 11.3 Å². The van der Waals surface area contributed by atoms with Crippen LogP contribution in [0.1, 0.15) is 29.3 Å². The molecule has 0 spiro atoms. The summed E-state index contributed by atoms with van der Waals surface area (Å²) in [6.07, 6.45) is 2.15. The molecule has 0 atom stereocenters. The molecule has 0 amide bonds. The van der Waals surface area contributed by atoms with Gasteiger partial charge >= 0.3 is 5.97 Å². The van der Waals surface area contributed by atoms with Crippen molar-refractivity contribution in [1.82, 2.24) is 4.98 Å². The van der Waals surface area contributed by atoms with Gasteiger partial charge in [0.05, 0.1) is 24.1 Å². The first kappa shape index (κ1) is 22.7. The molecule has 0 unspecified atom stereocenters. The standard InChI is InChI=1S/C22H22ClFN4O2S/c1-4-9-30-21(29)17-10-16(24)11-20(28(2)3)18(17)12-25-27-22-26-19(13-31-22)14-5-7-15(23)8-6-14/h5-8,10-13H,4,9H2,1-3H3,(H,26,27). The molecule has 1 N–H and O–H groups in total. The van der Waals surface area contributed by atoms with Crippen molar-refractivity contribution < 1.29 is 13.9 Å². The fraction of sp³-hybridized carbons (Fsp3) is 0.227. The number of carbonyl (C=O) groups is 1. The number of hydrogen-bond acceptors (Lipinski definition) is 7. The molecule has 1 heterocycles. The number of anilines is 2. The van der Waals surface area contributed by atoms with E-state index in [1.54, 1.807) is 31.1 Å². The van der Waals surface area contributed by atoms with Crippen LogP contribution >= 0.6 is 22.9 Å². The molecule has 0 bridgehead atoms. The summed E-state index contributed by atoms with van der Waals surface area (Å²) in [5.74, 6) is -1.12. The first-order chi connectivity index (χ1) is 14.9. The lowest BCUT2D eigenvalue weighted by Crippen LogP contribution is -2.17. The number of hydrazone groups is 1. The molecule has 0 fully saturated rings. The number of nitrogens with one attached hydrogen (secondary N) is 1. The third kappa shape index (κ3) is 5.80. The summed E-state index contributed by atoms with van der Waals surface area (Å²) in [6.45, 7) is 2.15. The van der Waals surface area contributed by atoms with Gasteiger partial charge in [-0.05, 0) is 30.7 Å². The molecule has 0 saturated carbocycles. The molecular weight excluding hydrogens is 439 g/mol. The highest BCUT2D eigenvalue weighted by Crippen LogP contribution is 2.27. The van der Waals surface area contributed by atoms with Gasteiger partial charge in [-0.25, -0.2) is 14.2 Å². The van der Waals surface area contributed by atoms with E-state index in [0.717, 1.165) is 17.3 Å². The Kier molecular flexibility index (Phi) is 7.59. The second kappa shape index (κ2) is 10.4. The predicted octanol–water partition coefficient (Wildman–Crippen LogP) is 5.68. The molecule has 2 aromatic carbocycles. The average Bonchev–Trinajstić information content (AvgIpc) is 3.21. The van der Waals surface area contributed by atoms with Crippen molar-refractivity contribution in [1.29, 1.82) is 0 Å². The largest absolute Gasteiger partial charge is 0.462 e. The first-order valence-corrected chi connectivity index (χ1v) is 10.8. The van der Waals surface area contributed by atoms with Crippen molar-refractivity contribution in [2.45, 2.75) is 13.3 Å². The van der Waals surface area contributed by atoms with E-state index in [1.807, 2.05) is 24.4 Å². The van der Waals surface area contributed by atoms with Gasteiger partial charge in [0.15, 0.2) is 0 Å². The number of halogens is 2. The lowest BCUT2D eigenvalue weighted by atomic mass is 10.1. The highest BCUT2D eigenvalue weighted by Gasteiger charge is 2.18. The Bertz CT molecular complexity index is 1080. The van der Waals surface area contributed by atoms with Gasteiger partial charge in [0, 0.05) is 41.3 Å². The fourth-order valence-corrected chi connectivity index (χ4v) is 3.58. The SMILES string of the molecule is CCCOC(=O)c1cc(F)cc(N(C)C)c1C=NNc1nc(-c2ccc(Cl)cc2)cs1. The number of rotatable bonds is 8. The fourth-order valence-electron chi connectivity index (χ4n) is 2.78. The van der Waals surface area contributed by atoms with Gasteiger partial charge in [0.25, 0.3) is 0 Å². The van der Waals surface area contributed by atoms with Gasteiger partial charge in [0.2, 0.25) is 5.13 Å². The second-order valence-electron chi connectivity index (χ2n) is 6.83. The summed E-state index contributed by atoms with van der Waals surface area (Å²) in [7, 11) is 3.53. The molecule has 0 saturated heterocycles. The molecular formula is C22H22ClFN4O2S. The van der Waals surface area contributed by atoms with Gasteiger partial charge in [-0.1, -0.05) is 30.7 Å². The van der Waals surface area contributed by atoms with Crippen LogP contribution in [-0.4, -0.2) is 37.9 Å². The van der Waals surface area contributed by atoms with Crippen molar-refractivity contribution >= 4 is 45.9 Å². The topological polar surface area (TPSA) is 66.8 Å². The van der Waals surface area contributed by atoms with Gasteiger partial charge < -0.3 is 9.64 Å². The van der Waals surface area contributed by atoms with Gasteiger partial charge in [-0.2, -0.15) is 5.10 Å². The van der Waals surface area contributed by atoms with Crippen LogP contribution in [0.5, 0.6) is 0 Å². The summed E-state index contributed by atoms with van der Waals surface area (Å²) >= 11 is 7.32. The number of hydrogen-bond donors (Lipinski definition) is 1. The van der Waals surface area contributed by atoms with Crippen molar-refractivity contribution in [3.05, 3.63) is 63.7 Å². The average molecular weight is 461 g/mol. The summed E-state index contributed by atoms with van der Waals surface area (Å²) in [5.41, 5.74) is 5.68.